The van der Waals surface area contributed by atoms with Crippen molar-refractivity contribution in [3.63, 3.8) is 0 Å². The highest BCUT2D eigenvalue weighted by Gasteiger charge is 2.40. The Morgan fingerprint density at radius 2 is 1.31 bits per heavy atom. The first-order chi connectivity index (χ1) is 24.0. The summed E-state index contributed by atoms with van der Waals surface area (Å²) in [7, 11) is 7.15. The number of hydrogen-bond donors (Lipinski definition) is 3. The molecule has 0 fully saturated rings. The summed E-state index contributed by atoms with van der Waals surface area (Å²) in [5.74, 6) is -3.10. The van der Waals surface area contributed by atoms with E-state index in [0.29, 0.717) is 12.8 Å². The highest BCUT2D eigenvalue weighted by Crippen LogP contribution is 2.21. The molecule has 1 unspecified atom stereocenters. The molecule has 0 rings (SSSR count). The third-order valence-corrected chi connectivity index (χ3v) is 9.63. The Hall–Kier alpha value is -4.01. The number of nitrogens with one attached hydrogen (secondary N) is 2. The van der Waals surface area contributed by atoms with Crippen molar-refractivity contribution in [2.75, 3.05) is 41.8 Å². The summed E-state index contributed by atoms with van der Waals surface area (Å²) in [6.45, 7) is 18.2. The number of carbonyl (C=O) groups is 7. The van der Waals surface area contributed by atoms with Crippen LogP contribution in [0.2, 0.25) is 0 Å². The molecule has 0 aliphatic rings. The molecule has 52 heavy (non-hydrogen) atoms. The molecule has 0 heterocycles. The first-order valence-corrected chi connectivity index (χ1v) is 18.1. The Balaban J connectivity index is 5.98. The van der Waals surface area contributed by atoms with Gasteiger partial charge in [-0.15, -0.1) is 0 Å². The van der Waals surface area contributed by atoms with Gasteiger partial charge in [0.15, 0.2) is 0 Å². The Labute approximate surface area is 311 Å². The van der Waals surface area contributed by atoms with Gasteiger partial charge >= 0.3 is 12.1 Å². The lowest BCUT2D eigenvalue weighted by Crippen LogP contribution is -2.59. The first kappa shape index (κ1) is 48.0. The van der Waals surface area contributed by atoms with Crippen molar-refractivity contribution < 1.29 is 38.7 Å². The van der Waals surface area contributed by atoms with Crippen LogP contribution in [-0.2, 0) is 24.0 Å². The normalized spacial score (nSPS) is 15.6. The number of allylic oxidation sites excluding steroid dienone is 2. The zero-order chi connectivity index (χ0) is 40.8. The van der Waals surface area contributed by atoms with Crippen LogP contribution in [0.5, 0.6) is 0 Å². The van der Waals surface area contributed by atoms with Crippen molar-refractivity contribution in [3.8, 4) is 0 Å². The van der Waals surface area contributed by atoms with Gasteiger partial charge in [0.1, 0.15) is 24.2 Å². The number of rotatable bonds is 19. The number of imide groups is 2. The van der Waals surface area contributed by atoms with Crippen LogP contribution in [0.3, 0.4) is 0 Å². The van der Waals surface area contributed by atoms with Crippen molar-refractivity contribution in [2.24, 2.45) is 29.6 Å². The molecule has 0 spiro atoms. The van der Waals surface area contributed by atoms with E-state index in [9.17, 15) is 38.7 Å². The molecule has 0 radical (unpaired) electrons. The molecule has 7 atom stereocenters. The quantitative estimate of drug-likeness (QED) is 0.134. The van der Waals surface area contributed by atoms with E-state index in [1.165, 1.54) is 49.8 Å². The zero-order valence-electron chi connectivity index (χ0n) is 34.2. The molecule has 0 aromatic rings. The first-order valence-electron chi connectivity index (χ1n) is 18.1. The molecule has 0 aromatic heterocycles. The van der Waals surface area contributed by atoms with Gasteiger partial charge in [-0.2, -0.15) is 0 Å². The third kappa shape index (κ3) is 13.8. The number of nitrogens with zero attached hydrogens (tertiary/aromatic N) is 5. The van der Waals surface area contributed by atoms with Crippen molar-refractivity contribution in [1.82, 2.24) is 35.1 Å². The fourth-order valence-electron chi connectivity index (χ4n) is 5.89. The zero-order valence-corrected chi connectivity index (χ0v) is 34.2. The molecule has 0 saturated heterocycles. The summed E-state index contributed by atoms with van der Waals surface area (Å²) in [6.07, 6.45) is 4.46. The standard InChI is InChI=1S/C37H67N7O8/c1-16-17-18-25(8)29(46)20-40(11)35(50)30(24(6)7)43(14)34(49)28(19-22(2)3)42(13)37(52)44(15)33(48)27(10)38-36(51)39-32(47)31(41(12)21-45)26(9)23(4)5/h16-17,21-31,46H,18-20H2,1-15H3,(H2,38,39,47,51)/b17-16+/t25-,26?,27+,28+,29+,30+,31+/m1/s1. The van der Waals surface area contributed by atoms with E-state index in [1.54, 1.807) is 14.0 Å². The summed E-state index contributed by atoms with van der Waals surface area (Å²) in [5, 5.41) is 15.3. The Morgan fingerprint density at radius 1 is 0.750 bits per heavy atom. The van der Waals surface area contributed by atoms with Crippen LogP contribution in [-0.4, -0.2) is 144 Å². The second-order valence-corrected chi connectivity index (χ2v) is 15.1. The van der Waals surface area contributed by atoms with E-state index in [2.05, 4.69) is 10.6 Å². The minimum Gasteiger partial charge on any atom is -0.391 e. The highest BCUT2D eigenvalue weighted by molar-refractivity contribution is 6.02. The number of aliphatic hydroxyl groups is 1. The number of aliphatic hydroxyl groups excluding tert-OH is 1. The summed E-state index contributed by atoms with van der Waals surface area (Å²) in [6, 6.07) is -5.93. The van der Waals surface area contributed by atoms with Gasteiger partial charge in [0.2, 0.25) is 18.2 Å². The third-order valence-electron chi connectivity index (χ3n) is 9.63. The lowest BCUT2D eigenvalue weighted by atomic mass is 9.89. The molecule has 0 aliphatic carbocycles. The van der Waals surface area contributed by atoms with Crippen molar-refractivity contribution >= 4 is 42.1 Å². The van der Waals surface area contributed by atoms with Gasteiger partial charge in [-0.1, -0.05) is 67.5 Å². The lowest BCUT2D eigenvalue weighted by molar-refractivity contribution is -0.149. The number of amides is 9. The van der Waals surface area contributed by atoms with E-state index < -0.39 is 60.1 Å². The Morgan fingerprint density at radius 3 is 1.77 bits per heavy atom. The second kappa shape index (κ2) is 22.1. The Bertz CT molecular complexity index is 1260. The van der Waals surface area contributed by atoms with Crippen LogP contribution in [0.4, 0.5) is 9.59 Å². The number of carbonyl (C=O) groups excluding carboxylic acids is 7. The van der Waals surface area contributed by atoms with Gasteiger partial charge in [0.25, 0.3) is 11.8 Å². The highest BCUT2D eigenvalue weighted by atomic mass is 16.3. The number of hydrogen-bond acceptors (Lipinski definition) is 8. The van der Waals surface area contributed by atoms with Gasteiger partial charge in [-0.05, 0) is 56.3 Å². The molecule has 9 amide bonds. The number of urea groups is 2. The van der Waals surface area contributed by atoms with Gasteiger partial charge in [0, 0.05) is 41.8 Å². The van der Waals surface area contributed by atoms with Crippen LogP contribution in [0.25, 0.3) is 0 Å². The van der Waals surface area contributed by atoms with Gasteiger partial charge in [-0.3, -0.25) is 34.2 Å². The smallest absolute Gasteiger partial charge is 0.326 e. The predicted molar refractivity (Wildman–Crippen MR) is 201 cm³/mol. The summed E-state index contributed by atoms with van der Waals surface area (Å²) in [5.41, 5.74) is 0. The fourth-order valence-corrected chi connectivity index (χ4v) is 5.89. The van der Waals surface area contributed by atoms with Crippen LogP contribution < -0.4 is 10.6 Å². The average Bonchev–Trinajstić information content (AvgIpc) is 3.06. The van der Waals surface area contributed by atoms with E-state index >= 15 is 0 Å². The van der Waals surface area contributed by atoms with E-state index in [4.69, 9.17) is 0 Å². The molecule has 15 nitrogen and oxygen atoms in total. The van der Waals surface area contributed by atoms with Crippen molar-refractivity contribution in [1.29, 1.82) is 0 Å². The topological polar surface area (TPSA) is 180 Å². The maximum atomic E-state index is 14.1. The monoisotopic (exact) mass is 738 g/mol. The molecular weight excluding hydrogens is 670 g/mol. The van der Waals surface area contributed by atoms with Crippen LogP contribution in [0.1, 0.15) is 82.1 Å². The van der Waals surface area contributed by atoms with Gasteiger partial charge in [-0.25, -0.2) is 9.59 Å². The lowest BCUT2D eigenvalue weighted by Gasteiger charge is -2.39. The molecule has 0 aromatic carbocycles. The SMILES string of the molecule is C/C=C/C[C@@H](C)[C@@H](O)CN(C)C(=O)[C@H](C(C)C)N(C)C(=O)[C@H](CC(C)C)N(C)C(=O)N(C)C(=O)[C@H](C)NC(=O)NC(=O)[C@H](C(C)C(C)C)N(C)C=O. The van der Waals surface area contributed by atoms with Crippen LogP contribution in [0.15, 0.2) is 12.2 Å². The molecule has 15 heteroatoms. The Kier molecular flexibility index (Phi) is 20.4. The molecule has 298 valence electrons. The molecule has 3 N–H and O–H groups in total. The van der Waals surface area contributed by atoms with Gasteiger partial charge in [0.05, 0.1) is 6.10 Å². The van der Waals surface area contributed by atoms with Crippen molar-refractivity contribution in [3.05, 3.63) is 12.2 Å². The second-order valence-electron chi connectivity index (χ2n) is 15.1. The molecule has 0 saturated carbocycles. The van der Waals surface area contributed by atoms with E-state index in [0.717, 1.165) is 9.80 Å². The van der Waals surface area contributed by atoms with Crippen LogP contribution >= 0.6 is 0 Å². The van der Waals surface area contributed by atoms with Crippen molar-refractivity contribution in [2.45, 2.75) is 112 Å². The van der Waals surface area contributed by atoms with Gasteiger partial charge < -0.3 is 30.0 Å². The maximum absolute atomic E-state index is 14.1. The van der Waals surface area contributed by atoms with E-state index in [1.807, 2.05) is 67.5 Å². The predicted octanol–water partition coefficient (Wildman–Crippen LogP) is 2.78. The molecule has 0 bridgehead atoms. The summed E-state index contributed by atoms with van der Waals surface area (Å²) in [4.78, 5) is 97.8. The average molecular weight is 738 g/mol. The molecule has 0 aliphatic heterocycles. The molecular formula is C37H67N7O8. The maximum Gasteiger partial charge on any atom is 0.326 e. The van der Waals surface area contributed by atoms with E-state index in [-0.39, 0.29) is 48.5 Å². The minimum absolute atomic E-state index is 0.0173. The summed E-state index contributed by atoms with van der Waals surface area (Å²) < 4.78 is 0. The fraction of sp³-hybridized carbons (Fsp3) is 0.757. The van der Waals surface area contributed by atoms with Crippen LogP contribution in [0, 0.1) is 29.6 Å². The summed E-state index contributed by atoms with van der Waals surface area (Å²) >= 11 is 0. The number of likely N-dealkylation sites (N-methyl/N-ethyl adjacent to an activating group) is 5. The largest absolute Gasteiger partial charge is 0.391 e. The minimum atomic E-state index is -1.25.